The van der Waals surface area contributed by atoms with Gasteiger partial charge in [-0.1, -0.05) is 0 Å². The van der Waals surface area contributed by atoms with Gasteiger partial charge in [-0.25, -0.2) is 4.79 Å². The van der Waals surface area contributed by atoms with Crippen LogP contribution in [-0.2, 0) is 42.9 Å². The summed E-state index contributed by atoms with van der Waals surface area (Å²) in [6.07, 6.45) is -2.48. The van der Waals surface area contributed by atoms with Crippen LogP contribution in [0.1, 0.15) is 41.5 Å². The van der Waals surface area contributed by atoms with Crippen molar-refractivity contribution in [2.24, 2.45) is 0 Å². The number of esters is 4. The van der Waals surface area contributed by atoms with Gasteiger partial charge in [0.2, 0.25) is 5.91 Å². The number of amides is 1. The highest BCUT2D eigenvalue weighted by atomic mass is 32.2. The van der Waals surface area contributed by atoms with Gasteiger partial charge in [0.25, 0.3) is 0 Å². The fourth-order valence-corrected chi connectivity index (χ4v) is 5.78. The second-order valence-electron chi connectivity index (χ2n) is 7.43. The molecule has 0 N–H and O–H groups in total. The average molecular weight is 431 g/mol. The molecule has 1 amide bonds. The van der Waals surface area contributed by atoms with E-state index in [1.165, 1.54) is 30.5 Å². The molecule has 0 spiro atoms. The molecule has 11 heteroatoms. The molecule has 0 aromatic heterocycles. The Labute approximate surface area is 172 Å². The second kappa shape index (κ2) is 8.21. The summed E-state index contributed by atoms with van der Waals surface area (Å²) in [4.78, 5) is 59.9. The van der Waals surface area contributed by atoms with Gasteiger partial charge in [0.1, 0.15) is 19.3 Å². The Kier molecular flexibility index (Phi) is 6.51. The minimum Gasteiger partial charge on any atom is -0.462 e. The highest BCUT2D eigenvalue weighted by molar-refractivity contribution is 8.02. The van der Waals surface area contributed by atoms with Crippen molar-refractivity contribution >= 4 is 41.5 Å². The van der Waals surface area contributed by atoms with Gasteiger partial charge in [0.15, 0.2) is 17.1 Å². The molecule has 0 aromatic rings. The van der Waals surface area contributed by atoms with Crippen LogP contribution in [0.2, 0.25) is 0 Å². The molecule has 2 aliphatic rings. The third-order valence-corrected chi connectivity index (χ3v) is 6.24. The average Bonchev–Trinajstić information content (AvgIpc) is 2.76. The maximum absolute atomic E-state index is 12.6. The van der Waals surface area contributed by atoms with Gasteiger partial charge in [-0.3, -0.25) is 19.2 Å². The van der Waals surface area contributed by atoms with Crippen LogP contribution in [0.3, 0.4) is 0 Å². The van der Waals surface area contributed by atoms with Crippen molar-refractivity contribution in [3.63, 3.8) is 0 Å². The molecule has 2 rings (SSSR count). The molecule has 4 atom stereocenters. The van der Waals surface area contributed by atoms with E-state index in [1.807, 2.05) is 0 Å². The van der Waals surface area contributed by atoms with Crippen molar-refractivity contribution in [2.45, 2.75) is 69.4 Å². The van der Waals surface area contributed by atoms with Crippen LogP contribution >= 0.6 is 11.8 Å². The Morgan fingerprint density at radius 1 is 1.10 bits per heavy atom. The Morgan fingerprint density at radius 3 is 2.17 bits per heavy atom. The third-order valence-electron chi connectivity index (χ3n) is 4.59. The Balaban J connectivity index is 2.59. The highest BCUT2D eigenvalue weighted by Crippen LogP contribution is 2.56. The second-order valence-corrected chi connectivity index (χ2v) is 9.39. The molecule has 2 aliphatic heterocycles. The zero-order valence-corrected chi connectivity index (χ0v) is 18.0. The molecular weight excluding hydrogens is 406 g/mol. The van der Waals surface area contributed by atoms with Gasteiger partial charge in [0, 0.05) is 32.4 Å². The summed E-state index contributed by atoms with van der Waals surface area (Å²) in [7, 11) is 0. The SMILES string of the molecule is CC(=O)OC[C@H](OC(C)=O)[C@H](OC(C)=O)[C@]12COC(=O)[C@@H](N1C(C)=O)C(C)(C)S2. The molecule has 29 heavy (non-hydrogen) atoms. The van der Waals surface area contributed by atoms with Gasteiger partial charge < -0.3 is 23.8 Å². The summed E-state index contributed by atoms with van der Waals surface area (Å²) >= 11 is 1.22. The first-order chi connectivity index (χ1) is 13.3. The monoisotopic (exact) mass is 431 g/mol. The zero-order chi connectivity index (χ0) is 22.1. The van der Waals surface area contributed by atoms with Gasteiger partial charge in [-0.05, 0) is 13.8 Å². The predicted molar refractivity (Wildman–Crippen MR) is 99.4 cm³/mol. The maximum Gasteiger partial charge on any atom is 0.330 e. The first-order valence-electron chi connectivity index (χ1n) is 8.96. The molecule has 2 bridgehead atoms. The Bertz CT molecular complexity index is 737. The Hall–Kier alpha value is -2.30. The van der Waals surface area contributed by atoms with Crippen molar-refractivity contribution in [1.82, 2.24) is 4.90 Å². The molecule has 0 unspecified atom stereocenters. The molecule has 0 aliphatic carbocycles. The van der Waals surface area contributed by atoms with Crippen molar-refractivity contribution < 1.29 is 42.9 Å². The largest absolute Gasteiger partial charge is 0.462 e. The molecule has 0 aromatic carbocycles. The van der Waals surface area contributed by atoms with Crippen LogP contribution in [0.4, 0.5) is 0 Å². The number of hydrogen-bond donors (Lipinski definition) is 0. The van der Waals surface area contributed by atoms with Crippen LogP contribution in [0.5, 0.6) is 0 Å². The number of carbonyl (C=O) groups excluding carboxylic acids is 5. The van der Waals surface area contributed by atoms with Gasteiger partial charge >= 0.3 is 23.9 Å². The lowest BCUT2D eigenvalue weighted by molar-refractivity contribution is -0.197. The summed E-state index contributed by atoms with van der Waals surface area (Å²) in [5, 5.41) is 0. The minimum atomic E-state index is -1.36. The molecule has 2 fully saturated rings. The van der Waals surface area contributed by atoms with Crippen molar-refractivity contribution in [2.75, 3.05) is 13.2 Å². The lowest BCUT2D eigenvalue weighted by Crippen LogP contribution is -2.68. The fourth-order valence-electron chi connectivity index (χ4n) is 3.79. The van der Waals surface area contributed by atoms with E-state index < -0.39 is 64.3 Å². The first-order valence-corrected chi connectivity index (χ1v) is 9.78. The number of carbonyl (C=O) groups is 5. The fraction of sp³-hybridized carbons (Fsp3) is 0.722. The standard InChI is InChI=1S/C18H25NO9S/c1-9(20)19-14-16(24)26-8-18(19,29-17(14,5)6)15(28-12(4)23)13(27-11(3)22)7-25-10(2)21/h13-15H,7-8H2,1-6H3/t13-,14+,15-,18+/m0/s1. The molecule has 10 nitrogen and oxygen atoms in total. The van der Waals surface area contributed by atoms with Crippen molar-refractivity contribution in [1.29, 1.82) is 0 Å². The first kappa shape index (κ1) is 23.0. The minimum absolute atomic E-state index is 0.286. The van der Waals surface area contributed by atoms with E-state index in [0.29, 0.717) is 0 Å². The van der Waals surface area contributed by atoms with Crippen LogP contribution < -0.4 is 0 Å². The predicted octanol–water partition coefficient (Wildman–Crippen LogP) is 0.409. The van der Waals surface area contributed by atoms with Crippen LogP contribution in [0, 0.1) is 0 Å². The third kappa shape index (κ3) is 4.49. The molecule has 0 saturated carbocycles. The Morgan fingerprint density at radius 2 is 1.69 bits per heavy atom. The van der Waals surface area contributed by atoms with E-state index in [2.05, 4.69) is 0 Å². The smallest absolute Gasteiger partial charge is 0.330 e. The number of morpholine rings is 1. The quantitative estimate of drug-likeness (QED) is 0.431. The van der Waals surface area contributed by atoms with Gasteiger partial charge in [-0.15, -0.1) is 11.8 Å². The summed E-state index contributed by atoms with van der Waals surface area (Å²) in [6, 6.07) is -0.927. The number of ether oxygens (including phenoxy) is 4. The van der Waals surface area contributed by atoms with Crippen LogP contribution in [0.15, 0.2) is 0 Å². The lowest BCUT2D eigenvalue weighted by atomic mass is 9.94. The molecule has 2 saturated heterocycles. The van der Waals surface area contributed by atoms with E-state index >= 15 is 0 Å². The van der Waals surface area contributed by atoms with Crippen molar-refractivity contribution in [3.05, 3.63) is 0 Å². The normalized spacial score (nSPS) is 26.8. The van der Waals surface area contributed by atoms with E-state index in [1.54, 1.807) is 13.8 Å². The van der Waals surface area contributed by atoms with Gasteiger partial charge in [0.05, 0.1) is 0 Å². The van der Waals surface area contributed by atoms with Crippen LogP contribution in [0.25, 0.3) is 0 Å². The van der Waals surface area contributed by atoms with E-state index in [4.69, 9.17) is 18.9 Å². The van der Waals surface area contributed by atoms with Gasteiger partial charge in [-0.2, -0.15) is 0 Å². The zero-order valence-electron chi connectivity index (χ0n) is 17.2. The molecule has 0 radical (unpaired) electrons. The lowest BCUT2D eigenvalue weighted by Gasteiger charge is -2.47. The number of fused-ring (bicyclic) bond motifs is 2. The van der Waals surface area contributed by atoms with E-state index in [9.17, 15) is 24.0 Å². The highest BCUT2D eigenvalue weighted by Gasteiger charge is 2.69. The number of thioether (sulfide) groups is 1. The summed E-state index contributed by atoms with van der Waals surface area (Å²) in [6.45, 7) is 7.63. The van der Waals surface area contributed by atoms with E-state index in [0.717, 1.165) is 13.8 Å². The summed E-state index contributed by atoms with van der Waals surface area (Å²) in [5.41, 5.74) is 0. The van der Waals surface area contributed by atoms with Crippen molar-refractivity contribution in [3.8, 4) is 0 Å². The number of cyclic esters (lactones) is 1. The number of hydrogen-bond acceptors (Lipinski definition) is 10. The number of nitrogens with zero attached hydrogens (tertiary/aromatic N) is 1. The molecule has 162 valence electrons. The summed E-state index contributed by atoms with van der Waals surface area (Å²) in [5.74, 6) is -3.03. The molecular formula is C18H25NO9S. The van der Waals surface area contributed by atoms with E-state index in [-0.39, 0.29) is 6.61 Å². The number of rotatable bonds is 6. The van der Waals surface area contributed by atoms with Crippen LogP contribution in [-0.4, -0.2) is 75.8 Å². The molecule has 2 heterocycles. The topological polar surface area (TPSA) is 126 Å². The maximum atomic E-state index is 12.6. The summed E-state index contributed by atoms with van der Waals surface area (Å²) < 4.78 is 20.4.